The molecule has 19 heteroatoms. The molecule has 0 spiro atoms. The number of hydrogen-bond acceptors (Lipinski definition) is 19. The summed E-state index contributed by atoms with van der Waals surface area (Å²) in [4.78, 5) is 13.9. The Balaban J connectivity index is 1.52. The van der Waals surface area contributed by atoms with Gasteiger partial charge in [-0.1, -0.05) is 0 Å². The van der Waals surface area contributed by atoms with E-state index in [0.717, 1.165) is 12.1 Å². The second-order valence-electron chi connectivity index (χ2n) is 12.9. The minimum absolute atomic E-state index is 0.113. The van der Waals surface area contributed by atoms with Gasteiger partial charge in [0.2, 0.25) is 6.29 Å². The number of ether oxygens (including phenoxy) is 5. The molecular formula is C33H40O19. The highest BCUT2D eigenvalue weighted by Crippen LogP contribution is 2.46. The number of phenols is 2. The molecule has 1 aromatic heterocycles. The van der Waals surface area contributed by atoms with E-state index in [-0.39, 0.29) is 17.1 Å². The molecule has 0 radical (unpaired) electrons. The fourth-order valence-electron chi connectivity index (χ4n) is 6.49. The number of benzene rings is 2. The summed E-state index contributed by atoms with van der Waals surface area (Å²) in [6, 6.07) is 7.31. The maximum absolute atomic E-state index is 13.9. The molecule has 52 heavy (non-hydrogen) atoms. The summed E-state index contributed by atoms with van der Waals surface area (Å²) in [7, 11) is 0. The van der Waals surface area contributed by atoms with E-state index in [1.165, 1.54) is 31.2 Å². The van der Waals surface area contributed by atoms with Crippen molar-refractivity contribution in [1.29, 1.82) is 0 Å². The third-order valence-corrected chi connectivity index (χ3v) is 9.48. The Morgan fingerprint density at radius 2 is 1.29 bits per heavy atom. The van der Waals surface area contributed by atoms with Crippen molar-refractivity contribution in [3.8, 4) is 28.6 Å². The van der Waals surface area contributed by atoms with Crippen LogP contribution in [-0.2, 0) is 18.9 Å². The summed E-state index contributed by atoms with van der Waals surface area (Å²) in [6.07, 6.45) is -25.8. The highest BCUT2D eigenvalue weighted by molar-refractivity contribution is 5.90. The topological polar surface area (TPSA) is 319 Å². The van der Waals surface area contributed by atoms with Crippen LogP contribution in [0.2, 0.25) is 0 Å². The molecule has 0 bridgehead atoms. The van der Waals surface area contributed by atoms with E-state index in [2.05, 4.69) is 0 Å². The Morgan fingerprint density at radius 3 is 1.94 bits per heavy atom. The van der Waals surface area contributed by atoms with E-state index in [0.29, 0.717) is 0 Å². The lowest BCUT2D eigenvalue weighted by Crippen LogP contribution is -2.61. The molecule has 19 nitrogen and oxygen atoms in total. The highest BCUT2D eigenvalue weighted by Gasteiger charge is 2.52. The number of aliphatic hydroxyl groups excluding tert-OH is 10. The number of aliphatic hydroxyl groups is 10. The van der Waals surface area contributed by atoms with E-state index >= 15 is 0 Å². The first-order valence-electron chi connectivity index (χ1n) is 16.2. The van der Waals surface area contributed by atoms with Crippen molar-refractivity contribution < 1.29 is 89.4 Å². The van der Waals surface area contributed by atoms with Crippen molar-refractivity contribution in [1.82, 2.24) is 0 Å². The summed E-state index contributed by atoms with van der Waals surface area (Å²) in [5.74, 6) is -1.53. The van der Waals surface area contributed by atoms with Crippen molar-refractivity contribution in [2.24, 2.45) is 0 Å². The van der Waals surface area contributed by atoms with Crippen LogP contribution in [0.15, 0.2) is 45.6 Å². The van der Waals surface area contributed by atoms with E-state index in [9.17, 15) is 66.1 Å². The minimum atomic E-state index is -1.96. The highest BCUT2D eigenvalue weighted by atomic mass is 16.7. The summed E-state index contributed by atoms with van der Waals surface area (Å²) >= 11 is 0. The Labute approximate surface area is 293 Å². The van der Waals surface area contributed by atoms with Gasteiger partial charge in [-0.25, -0.2) is 0 Å². The molecule has 3 saturated heterocycles. The van der Waals surface area contributed by atoms with Gasteiger partial charge in [-0.05, 0) is 31.2 Å². The van der Waals surface area contributed by atoms with Crippen molar-refractivity contribution >= 4 is 11.0 Å². The molecule has 3 fully saturated rings. The van der Waals surface area contributed by atoms with Crippen LogP contribution in [0.1, 0.15) is 18.6 Å². The summed E-state index contributed by atoms with van der Waals surface area (Å²) in [5.41, 5.74) is -1.51. The second kappa shape index (κ2) is 15.1. The smallest absolute Gasteiger partial charge is 0.229 e. The van der Waals surface area contributed by atoms with Gasteiger partial charge in [-0.3, -0.25) is 4.79 Å². The van der Waals surface area contributed by atoms with E-state index in [1.54, 1.807) is 0 Å². The first-order chi connectivity index (χ1) is 24.7. The van der Waals surface area contributed by atoms with E-state index < -0.39 is 139 Å². The number of rotatable bonds is 8. The molecular weight excluding hydrogens is 700 g/mol. The summed E-state index contributed by atoms with van der Waals surface area (Å²) in [6.45, 7) is -0.306. The summed E-state index contributed by atoms with van der Waals surface area (Å²) in [5, 5.41) is 125. The molecule has 0 unspecified atom stereocenters. The predicted octanol–water partition coefficient (Wildman–Crippen LogP) is -3.58. The van der Waals surface area contributed by atoms with Crippen LogP contribution >= 0.6 is 0 Å². The van der Waals surface area contributed by atoms with Crippen LogP contribution in [0, 0.1) is 0 Å². The fraction of sp³-hybridized carbons (Fsp3) is 0.545. The van der Waals surface area contributed by atoms with Crippen molar-refractivity contribution in [3.05, 3.63) is 52.2 Å². The molecule has 286 valence electrons. The normalized spacial score (nSPS) is 38.3. The largest absolute Gasteiger partial charge is 0.508 e. The maximum atomic E-state index is 13.9. The van der Waals surface area contributed by atoms with E-state index in [4.69, 9.17) is 28.1 Å². The van der Waals surface area contributed by atoms with Gasteiger partial charge >= 0.3 is 0 Å². The standard InChI is InChI=1S/C33H40O19/c1-10-21(39)24(42)27(45)32(47-10)52-31-26(44)23(41)17(8-34)49-30(31)20-14(38)7-16(50-33-28(46)25(43)22(40)18(9-35)51-33)19-13(37)6-15(48-29(19)20)11-2-4-12(36)5-3-11/h2-7,10,17-18,21-28,30-36,38-46H,8-9H2,1H3/t10-,17-,18+,21+,22+,23+,24+,25-,26+,27-,28+,30-,31-,32+,33+/m1/s1. The van der Waals surface area contributed by atoms with Crippen molar-refractivity contribution in [2.75, 3.05) is 13.2 Å². The van der Waals surface area contributed by atoms with Gasteiger partial charge in [-0.2, -0.15) is 0 Å². The average Bonchev–Trinajstić information content (AvgIpc) is 3.12. The Hall–Kier alpha value is -3.51. The van der Waals surface area contributed by atoms with Gasteiger partial charge in [0.25, 0.3) is 0 Å². The van der Waals surface area contributed by atoms with Gasteiger partial charge in [0.1, 0.15) is 102 Å². The lowest BCUT2D eigenvalue weighted by molar-refractivity contribution is -0.338. The zero-order valence-electron chi connectivity index (χ0n) is 27.3. The van der Waals surface area contributed by atoms with Gasteiger partial charge in [0.15, 0.2) is 17.3 Å². The molecule has 15 atom stereocenters. The number of phenolic OH excluding ortho intramolecular Hbond substituents is 2. The minimum Gasteiger partial charge on any atom is -0.508 e. The van der Waals surface area contributed by atoms with Crippen LogP contribution < -0.4 is 10.2 Å². The Kier molecular flexibility index (Phi) is 11.1. The fourth-order valence-corrected chi connectivity index (χ4v) is 6.49. The van der Waals surface area contributed by atoms with Gasteiger partial charge in [-0.15, -0.1) is 0 Å². The first kappa shape index (κ1) is 38.2. The van der Waals surface area contributed by atoms with E-state index in [1.807, 2.05) is 0 Å². The van der Waals surface area contributed by atoms with Crippen LogP contribution in [0.3, 0.4) is 0 Å². The van der Waals surface area contributed by atoms with Crippen molar-refractivity contribution in [3.63, 3.8) is 0 Å². The van der Waals surface area contributed by atoms with Crippen LogP contribution in [0.25, 0.3) is 22.3 Å². The zero-order chi connectivity index (χ0) is 37.8. The second-order valence-corrected chi connectivity index (χ2v) is 12.9. The van der Waals surface area contributed by atoms with Gasteiger partial charge in [0, 0.05) is 17.7 Å². The van der Waals surface area contributed by atoms with Crippen LogP contribution in [-0.4, -0.2) is 160 Å². The molecule has 0 amide bonds. The van der Waals surface area contributed by atoms with Crippen LogP contribution in [0.5, 0.6) is 17.2 Å². The summed E-state index contributed by atoms with van der Waals surface area (Å²) < 4.78 is 34.7. The van der Waals surface area contributed by atoms with Gasteiger partial charge < -0.3 is 89.4 Å². The van der Waals surface area contributed by atoms with Crippen molar-refractivity contribution in [2.45, 2.75) is 98.9 Å². The first-order valence-corrected chi connectivity index (χ1v) is 16.2. The zero-order valence-corrected chi connectivity index (χ0v) is 27.3. The monoisotopic (exact) mass is 740 g/mol. The Morgan fingerprint density at radius 1 is 0.692 bits per heavy atom. The lowest BCUT2D eigenvalue weighted by atomic mass is 9.89. The number of aromatic hydroxyl groups is 2. The molecule has 0 saturated carbocycles. The molecule has 3 aliphatic heterocycles. The molecule has 6 rings (SSSR count). The third-order valence-electron chi connectivity index (χ3n) is 9.48. The molecule has 12 N–H and O–H groups in total. The molecule has 3 aliphatic rings. The van der Waals surface area contributed by atoms with Gasteiger partial charge in [0.05, 0.1) is 24.9 Å². The predicted molar refractivity (Wildman–Crippen MR) is 170 cm³/mol. The quantitative estimate of drug-likeness (QED) is 0.106. The molecule has 3 aromatic rings. The molecule has 0 aliphatic carbocycles. The van der Waals surface area contributed by atoms with Crippen LogP contribution in [0.4, 0.5) is 0 Å². The maximum Gasteiger partial charge on any atom is 0.229 e. The average molecular weight is 741 g/mol. The third kappa shape index (κ3) is 6.85. The number of hydrogen-bond donors (Lipinski definition) is 12. The SMILES string of the molecule is C[C@H]1O[C@@H](O[C@@H]2[C@@H](O)[C@@H](O)[C@@H](CO)O[C@@H]2c2c(O)cc(O[C@H]3O[C@@H](CO)[C@H](O)[C@@H](O)[C@@H]3O)c3c(=O)cc(-c4ccc(O)cc4)oc23)[C@H](O)[C@@H](O)[C@H]1O. The molecule has 2 aromatic carbocycles. The molecule has 4 heterocycles. The Bertz CT molecular complexity index is 1760. The lowest BCUT2D eigenvalue weighted by Gasteiger charge is -2.46. The number of fused-ring (bicyclic) bond motifs is 1.